The molecule has 0 radical (unpaired) electrons. The molecule has 0 unspecified atom stereocenters. The van der Waals surface area contributed by atoms with Crippen LogP contribution in [0.25, 0.3) is 21.8 Å². The van der Waals surface area contributed by atoms with E-state index in [4.69, 9.17) is 23.9 Å². The van der Waals surface area contributed by atoms with Crippen molar-refractivity contribution < 1.29 is 33.6 Å². The molecule has 19 heteroatoms. The molecule has 2 saturated heterocycles. The molecule has 8 rings (SSSR count). The fourth-order valence-electron chi connectivity index (χ4n) is 10.7. The van der Waals surface area contributed by atoms with Crippen LogP contribution in [0, 0.1) is 12.3 Å². The number of aryl methyl sites for hydroxylation is 1. The van der Waals surface area contributed by atoms with Crippen molar-refractivity contribution in [2.75, 3.05) is 83.1 Å². The fourth-order valence-corrected chi connectivity index (χ4v) is 11.5. The van der Waals surface area contributed by atoms with Crippen LogP contribution in [0.15, 0.2) is 103 Å². The maximum absolute atomic E-state index is 13.5. The van der Waals surface area contributed by atoms with Gasteiger partial charge in [0.2, 0.25) is 11.8 Å². The Morgan fingerprint density at radius 3 is 2.22 bits per heavy atom. The topological polar surface area (TPSA) is 222 Å². The van der Waals surface area contributed by atoms with Crippen LogP contribution in [-0.2, 0) is 35.9 Å². The first-order chi connectivity index (χ1) is 40.3. The van der Waals surface area contributed by atoms with Crippen LogP contribution in [0.4, 0.5) is 11.4 Å². The summed E-state index contributed by atoms with van der Waals surface area (Å²) in [6, 6.07) is 28.2. The average molecular weight is 1160 g/mol. The van der Waals surface area contributed by atoms with E-state index in [2.05, 4.69) is 129 Å². The molecule has 5 heterocycles. The predicted molar refractivity (Wildman–Crippen MR) is 328 cm³/mol. The third-order valence-electron chi connectivity index (χ3n) is 15.6. The van der Waals surface area contributed by atoms with Gasteiger partial charge in [0.1, 0.15) is 5.75 Å². The Morgan fingerprint density at radius 2 is 1.51 bits per heavy atom. The van der Waals surface area contributed by atoms with Crippen LogP contribution in [0.3, 0.4) is 0 Å². The number of pyridine rings is 1. The van der Waals surface area contributed by atoms with Crippen molar-refractivity contribution in [1.29, 1.82) is 0 Å². The number of aliphatic hydroxyl groups excluding tert-OH is 1. The van der Waals surface area contributed by atoms with Gasteiger partial charge in [-0.3, -0.25) is 24.6 Å². The number of hydrogen-bond acceptors (Lipinski definition) is 16. The summed E-state index contributed by atoms with van der Waals surface area (Å²) in [7, 11) is 0. The first-order valence-corrected chi connectivity index (χ1v) is 30.8. The number of β-amino-alcohol motifs (C(OH)–C–C–N with tert-alkyl or cyclic N) is 1. The van der Waals surface area contributed by atoms with Crippen LogP contribution < -0.4 is 31.3 Å². The van der Waals surface area contributed by atoms with Gasteiger partial charge in [0.25, 0.3) is 0 Å². The van der Waals surface area contributed by atoms with Gasteiger partial charge in [0.05, 0.1) is 66.8 Å². The zero-order valence-electron chi connectivity index (χ0n) is 49.4. The molecule has 448 valence electrons. The smallest absolute Gasteiger partial charge is 0.237 e. The highest BCUT2D eigenvalue weighted by atomic mass is 32.1. The number of nitrogens with one attached hydrogen (secondary N) is 6. The molecule has 83 heavy (non-hydrogen) atoms. The van der Waals surface area contributed by atoms with Gasteiger partial charge in [-0.25, -0.2) is 9.97 Å². The molecule has 0 saturated carbocycles. The van der Waals surface area contributed by atoms with Crippen molar-refractivity contribution in [2.45, 2.75) is 142 Å². The Balaban J connectivity index is 0.615. The standard InChI is InChI=1S/C64H89N11O7S/c1-46(69-52-16-14-17-53(40-52)72-64(26-30-66-31-27-64)62-71-60(73-74-62)50-24-28-65-29-25-50)51-15-13-18-55(39-51)82-34-12-7-6-10-32-79-35-37-81-38-36-80-33-11-8-9-19-58(77)70-57(63(3,4)5)44-75-43-54(76)41-56(75)61(78)67-42-48-20-22-49(23-21-48)59-47(2)68-45-83-59/h13-18,20-25,28-29,39-40,45-46,54,56-57,66,69,72,76H,6-12,19,26-27,30-38,41-44H2,1-5H3,(H,67,78)(H,70,77)(H,71,73,74)/t46-,54-,56+,57+/m1/s1. The van der Waals surface area contributed by atoms with Crippen LogP contribution in [0.5, 0.6) is 5.75 Å². The van der Waals surface area contributed by atoms with E-state index in [9.17, 15) is 14.7 Å². The Labute approximate surface area is 495 Å². The SMILES string of the molecule is Cc1ncsc1-c1ccc(CNC(=O)[C@@H]2C[C@@H](O)CN2C[C@H](NC(=O)CCCCCOCCOCCOCCCCCCOc2cccc([C@@H](C)Nc3cccc(NC4(c5nc(-c6ccncc6)n[nH]5)CCNCC4)c3)c2)C(C)(C)C)cc1. The molecule has 2 aliphatic rings. The summed E-state index contributed by atoms with van der Waals surface area (Å²) in [4.78, 5) is 43.2. The second-order valence-corrected chi connectivity index (χ2v) is 24.0. The fraction of sp³-hybridized carbons (Fsp3) is 0.531. The quantitative estimate of drug-likeness (QED) is 0.0187. The highest BCUT2D eigenvalue weighted by molar-refractivity contribution is 7.13. The number of carbonyl (C=O) groups is 2. The van der Waals surface area contributed by atoms with Gasteiger partial charge in [-0.15, -0.1) is 11.3 Å². The normalized spacial score (nSPS) is 17.0. The summed E-state index contributed by atoms with van der Waals surface area (Å²) < 4.78 is 23.5. The minimum Gasteiger partial charge on any atom is -0.494 e. The Kier molecular flexibility index (Phi) is 24.3. The van der Waals surface area contributed by atoms with Crippen LogP contribution in [0.2, 0.25) is 0 Å². The highest BCUT2D eigenvalue weighted by Crippen LogP contribution is 2.35. The average Bonchev–Trinajstić information content (AvgIpc) is 4.21. The number of nitrogens with zero attached hydrogens (tertiary/aromatic N) is 5. The summed E-state index contributed by atoms with van der Waals surface area (Å²) in [6.07, 6.45) is 12.1. The van der Waals surface area contributed by atoms with Gasteiger partial charge >= 0.3 is 0 Å². The van der Waals surface area contributed by atoms with Crippen molar-refractivity contribution in [3.63, 3.8) is 0 Å². The number of H-pyrrole nitrogens is 1. The molecule has 7 N–H and O–H groups in total. The molecule has 2 aliphatic heterocycles. The molecular formula is C64H89N11O7S. The molecule has 2 fully saturated rings. The zero-order valence-corrected chi connectivity index (χ0v) is 50.2. The van der Waals surface area contributed by atoms with E-state index in [1.54, 1.807) is 23.7 Å². The van der Waals surface area contributed by atoms with Gasteiger partial charge < -0.3 is 50.6 Å². The second kappa shape index (κ2) is 32.1. The van der Waals surface area contributed by atoms with Crippen LogP contribution >= 0.6 is 11.3 Å². The maximum Gasteiger partial charge on any atom is 0.237 e. The van der Waals surface area contributed by atoms with E-state index >= 15 is 0 Å². The molecule has 4 atom stereocenters. The largest absolute Gasteiger partial charge is 0.494 e. The molecule has 0 spiro atoms. The number of anilines is 2. The summed E-state index contributed by atoms with van der Waals surface area (Å²) in [5.74, 6) is 2.27. The predicted octanol–water partition coefficient (Wildman–Crippen LogP) is 9.99. The minimum absolute atomic E-state index is 0.00134. The van der Waals surface area contributed by atoms with E-state index in [0.717, 1.165) is 127 Å². The molecule has 3 aromatic heterocycles. The lowest BCUT2D eigenvalue weighted by atomic mass is 9.86. The first-order valence-electron chi connectivity index (χ1n) is 30.0. The summed E-state index contributed by atoms with van der Waals surface area (Å²) in [6.45, 7) is 17.6. The van der Waals surface area contributed by atoms with Gasteiger partial charge in [-0.05, 0) is 143 Å². The van der Waals surface area contributed by atoms with Crippen molar-refractivity contribution in [1.82, 2.24) is 46.0 Å². The maximum atomic E-state index is 13.5. The molecule has 3 aromatic carbocycles. The third-order valence-corrected chi connectivity index (χ3v) is 16.6. The van der Waals surface area contributed by atoms with Gasteiger partial charge in [0, 0.05) is 80.7 Å². The van der Waals surface area contributed by atoms with Crippen molar-refractivity contribution >= 4 is 34.5 Å². The van der Waals surface area contributed by atoms with E-state index in [0.29, 0.717) is 84.5 Å². The lowest BCUT2D eigenvalue weighted by Gasteiger charge is -2.37. The number of likely N-dealkylation sites (tertiary alicyclic amines) is 1. The number of aromatic amines is 1. The number of benzene rings is 3. The van der Waals surface area contributed by atoms with E-state index in [1.807, 2.05) is 47.7 Å². The first kappa shape index (κ1) is 62.7. The Morgan fingerprint density at radius 1 is 0.819 bits per heavy atom. The third kappa shape index (κ3) is 19.6. The minimum atomic E-state index is -0.601. The van der Waals surface area contributed by atoms with Crippen LogP contribution in [0.1, 0.15) is 127 Å². The number of ether oxygens (including phenoxy) is 4. The van der Waals surface area contributed by atoms with Crippen molar-refractivity contribution in [3.8, 4) is 27.6 Å². The molecule has 0 bridgehead atoms. The number of hydrogen-bond donors (Lipinski definition) is 7. The molecular weight excluding hydrogens is 1070 g/mol. The van der Waals surface area contributed by atoms with Crippen molar-refractivity contribution in [2.24, 2.45) is 5.41 Å². The Bertz CT molecular complexity index is 2870. The van der Waals surface area contributed by atoms with Gasteiger partial charge in [0.15, 0.2) is 11.6 Å². The second-order valence-electron chi connectivity index (χ2n) is 23.2. The number of rotatable bonds is 34. The number of carbonyl (C=O) groups excluding carboxylic acids is 2. The van der Waals surface area contributed by atoms with E-state index in [-0.39, 0.29) is 34.9 Å². The molecule has 2 amide bonds. The number of piperidine rings is 1. The number of thiazole rings is 1. The zero-order chi connectivity index (χ0) is 58.3. The number of amides is 2. The van der Waals surface area contributed by atoms with Crippen molar-refractivity contribution in [3.05, 3.63) is 125 Å². The van der Waals surface area contributed by atoms with Gasteiger partial charge in [-0.2, -0.15) is 5.10 Å². The molecule has 0 aliphatic carbocycles. The molecule has 6 aromatic rings. The van der Waals surface area contributed by atoms with Crippen LogP contribution in [-0.4, -0.2) is 138 Å². The van der Waals surface area contributed by atoms with Gasteiger partial charge in [-0.1, -0.05) is 76.1 Å². The monoisotopic (exact) mass is 1160 g/mol. The summed E-state index contributed by atoms with van der Waals surface area (Å²) in [5.41, 5.74) is 8.47. The number of aliphatic hydroxyl groups is 1. The lowest BCUT2D eigenvalue weighted by Crippen LogP contribution is -2.53. The number of unbranched alkanes of at least 4 members (excludes halogenated alkanes) is 5. The summed E-state index contributed by atoms with van der Waals surface area (Å²) in [5, 5.41) is 35.8. The van der Waals surface area contributed by atoms with E-state index in [1.165, 1.54) is 0 Å². The number of aromatic nitrogens is 5. The lowest BCUT2D eigenvalue weighted by molar-refractivity contribution is -0.126. The van der Waals surface area contributed by atoms with E-state index < -0.39 is 12.1 Å². The highest BCUT2D eigenvalue weighted by Gasteiger charge is 2.40. The Hall–Kier alpha value is -6.32. The summed E-state index contributed by atoms with van der Waals surface area (Å²) >= 11 is 1.62. The molecule has 18 nitrogen and oxygen atoms in total.